The number of hydrogen-bond donors (Lipinski definition) is 4. The minimum Gasteiger partial charge on any atom is -0.264 e. The average Bonchev–Trinajstić information content (AvgIpc) is 2.89. The minimum atomic E-state index is -4.82. The van der Waals surface area contributed by atoms with E-state index in [1.54, 1.807) is 0 Å². The van der Waals surface area contributed by atoms with Crippen LogP contribution in [0.5, 0.6) is 0 Å². The molecule has 0 saturated heterocycles. The summed E-state index contributed by atoms with van der Waals surface area (Å²) in [5, 5.41) is 0. The van der Waals surface area contributed by atoms with Crippen LogP contribution in [0.1, 0.15) is 89.9 Å². The lowest BCUT2D eigenvalue weighted by Gasteiger charge is -2.31. The lowest BCUT2D eigenvalue weighted by Crippen LogP contribution is -2.39. The van der Waals surface area contributed by atoms with Crippen molar-refractivity contribution in [1.29, 1.82) is 0 Å². The zero-order chi connectivity index (χ0) is 34.3. The maximum absolute atomic E-state index is 11.3. The van der Waals surface area contributed by atoms with Crippen LogP contribution >= 0.6 is 23.5 Å². The SMILES string of the molecule is O=S(=O)(O)OCCCCCCCCCSCC(COS(=O)(=O)O)(COS(=O)(=O)O)CSCCCCCCCCCOS(=O)(=O)O. The summed E-state index contributed by atoms with van der Waals surface area (Å²) >= 11 is 2.89. The Morgan fingerprint density at radius 2 is 0.667 bits per heavy atom. The molecular formula is C23H48O16S6. The lowest BCUT2D eigenvalue weighted by atomic mass is 9.96. The van der Waals surface area contributed by atoms with Crippen LogP contribution in [0.25, 0.3) is 0 Å². The number of hydrogen-bond acceptors (Lipinski definition) is 14. The highest BCUT2D eigenvalue weighted by molar-refractivity contribution is 8.00. The molecule has 16 nitrogen and oxygen atoms in total. The molecule has 0 atom stereocenters. The molecule has 0 amide bonds. The Morgan fingerprint density at radius 1 is 0.400 bits per heavy atom. The summed E-state index contributed by atoms with van der Waals surface area (Å²) in [6.07, 6.45) is 11.4. The van der Waals surface area contributed by atoms with Crippen molar-refractivity contribution in [3.05, 3.63) is 0 Å². The quantitative estimate of drug-likeness (QED) is 0.0552. The topological polar surface area (TPSA) is 254 Å². The van der Waals surface area contributed by atoms with Crippen molar-refractivity contribution in [2.24, 2.45) is 5.41 Å². The number of unbranched alkanes of at least 4 members (excludes halogenated alkanes) is 12. The van der Waals surface area contributed by atoms with Crippen molar-refractivity contribution < 1.29 is 68.6 Å². The van der Waals surface area contributed by atoms with Crippen molar-refractivity contribution in [2.75, 3.05) is 49.4 Å². The fourth-order valence-electron chi connectivity index (χ4n) is 3.93. The molecule has 0 spiro atoms. The van der Waals surface area contributed by atoms with Gasteiger partial charge in [0, 0.05) is 16.9 Å². The van der Waals surface area contributed by atoms with Crippen molar-refractivity contribution >= 4 is 65.1 Å². The molecule has 4 N–H and O–H groups in total. The highest BCUT2D eigenvalue weighted by atomic mass is 32.3. The molecule has 0 saturated carbocycles. The van der Waals surface area contributed by atoms with Gasteiger partial charge in [-0.25, -0.2) is 16.7 Å². The van der Waals surface area contributed by atoms with E-state index in [-0.39, 0.29) is 24.7 Å². The van der Waals surface area contributed by atoms with Crippen LogP contribution in [-0.4, -0.2) is 101 Å². The van der Waals surface area contributed by atoms with Crippen LogP contribution < -0.4 is 0 Å². The Morgan fingerprint density at radius 3 is 0.956 bits per heavy atom. The first-order valence-corrected chi connectivity index (χ1v) is 22.2. The van der Waals surface area contributed by atoms with E-state index < -0.39 is 60.2 Å². The molecule has 0 fully saturated rings. The van der Waals surface area contributed by atoms with Crippen molar-refractivity contribution in [1.82, 2.24) is 0 Å². The summed E-state index contributed by atoms with van der Waals surface area (Å²) in [4.78, 5) is 0. The summed E-state index contributed by atoms with van der Waals surface area (Å²) in [6.45, 7) is -1.24. The van der Waals surface area contributed by atoms with Crippen molar-refractivity contribution in [3.63, 3.8) is 0 Å². The van der Waals surface area contributed by atoms with E-state index in [1.165, 1.54) is 23.5 Å². The van der Waals surface area contributed by atoms with Crippen LogP contribution in [0.3, 0.4) is 0 Å². The molecule has 0 rings (SSSR count). The first kappa shape index (κ1) is 45.2. The molecule has 0 aromatic heterocycles. The van der Waals surface area contributed by atoms with Gasteiger partial charge in [-0.15, -0.1) is 0 Å². The van der Waals surface area contributed by atoms with E-state index >= 15 is 0 Å². The maximum atomic E-state index is 11.3. The Bertz CT molecular complexity index is 1100. The lowest BCUT2D eigenvalue weighted by molar-refractivity contribution is 0.109. The fourth-order valence-corrected chi connectivity index (χ4v) is 8.03. The van der Waals surface area contributed by atoms with E-state index in [0.717, 1.165) is 77.0 Å². The zero-order valence-corrected chi connectivity index (χ0v) is 30.1. The Labute approximate surface area is 277 Å². The standard InChI is InChI=1S/C23H48O16S6/c24-42(25,26)36-15-11-7-3-1-5-9-13-17-40-21-23(19-38-44(30,31)32,20-39-45(33,34)35)22-41-18-14-10-6-2-4-8-12-16-37-43(27,28)29/h1-22H2,(H,24,25,26)(H,27,28,29)(H,30,31,32)(H,33,34,35). The van der Waals surface area contributed by atoms with Gasteiger partial charge in [0.1, 0.15) is 0 Å². The molecule has 0 unspecified atom stereocenters. The second kappa shape index (κ2) is 24.3. The molecule has 0 aromatic rings. The van der Waals surface area contributed by atoms with Gasteiger partial charge in [-0.1, -0.05) is 64.2 Å². The Kier molecular flexibility index (Phi) is 24.4. The third-order valence-electron chi connectivity index (χ3n) is 6.18. The molecule has 0 radical (unpaired) electrons. The van der Waals surface area contributed by atoms with Crippen molar-refractivity contribution in [2.45, 2.75) is 89.9 Å². The van der Waals surface area contributed by atoms with E-state index in [9.17, 15) is 33.7 Å². The average molecular weight is 773 g/mol. The Hall–Kier alpha value is 0.180. The van der Waals surface area contributed by atoms with Gasteiger partial charge in [0.15, 0.2) is 0 Å². The summed E-state index contributed by atoms with van der Waals surface area (Å²) in [7, 11) is -18.5. The maximum Gasteiger partial charge on any atom is 0.397 e. The Balaban J connectivity index is 4.58. The van der Waals surface area contributed by atoms with Gasteiger partial charge in [-0.05, 0) is 37.2 Å². The predicted octanol–water partition coefficient (Wildman–Crippen LogP) is 4.18. The van der Waals surface area contributed by atoms with Gasteiger partial charge < -0.3 is 0 Å². The van der Waals surface area contributed by atoms with Gasteiger partial charge >= 0.3 is 41.6 Å². The normalized spacial score (nSPS) is 13.4. The summed E-state index contributed by atoms with van der Waals surface area (Å²) in [5.74, 6) is 1.82. The largest absolute Gasteiger partial charge is 0.397 e. The van der Waals surface area contributed by atoms with Gasteiger partial charge in [0.25, 0.3) is 0 Å². The molecule has 272 valence electrons. The molecule has 0 bridgehead atoms. The zero-order valence-electron chi connectivity index (χ0n) is 25.2. The second-order valence-corrected chi connectivity index (χ2v) is 17.0. The molecule has 0 aliphatic carbocycles. The van der Waals surface area contributed by atoms with Crippen LogP contribution in [0, 0.1) is 5.41 Å². The van der Waals surface area contributed by atoms with E-state index in [2.05, 4.69) is 16.7 Å². The fraction of sp³-hybridized carbons (Fsp3) is 1.00. The van der Waals surface area contributed by atoms with Crippen LogP contribution in [-0.2, 0) is 58.3 Å². The number of rotatable bonds is 32. The van der Waals surface area contributed by atoms with Crippen LogP contribution in [0.4, 0.5) is 0 Å². The molecule has 45 heavy (non-hydrogen) atoms. The van der Waals surface area contributed by atoms with E-state index in [0.29, 0.717) is 24.3 Å². The summed E-state index contributed by atoms with van der Waals surface area (Å²) in [6, 6.07) is 0. The summed E-state index contributed by atoms with van der Waals surface area (Å²) in [5.41, 5.74) is -1.16. The van der Waals surface area contributed by atoms with E-state index in [4.69, 9.17) is 18.2 Å². The van der Waals surface area contributed by atoms with Crippen LogP contribution in [0.2, 0.25) is 0 Å². The minimum absolute atomic E-state index is 0.0690. The highest BCUT2D eigenvalue weighted by Gasteiger charge is 2.35. The van der Waals surface area contributed by atoms with Crippen LogP contribution in [0.15, 0.2) is 0 Å². The smallest absolute Gasteiger partial charge is 0.264 e. The molecular weight excluding hydrogens is 725 g/mol. The molecule has 22 heteroatoms. The number of thioether (sulfide) groups is 2. The van der Waals surface area contributed by atoms with Gasteiger partial charge in [0.05, 0.1) is 26.4 Å². The highest BCUT2D eigenvalue weighted by Crippen LogP contribution is 2.31. The molecule has 0 heterocycles. The molecule has 0 aliphatic heterocycles. The van der Waals surface area contributed by atoms with Gasteiger partial charge in [-0.3, -0.25) is 18.2 Å². The molecule has 0 aliphatic rings. The monoisotopic (exact) mass is 772 g/mol. The first-order valence-electron chi connectivity index (χ1n) is 14.5. The third kappa shape index (κ3) is 33.9. The van der Waals surface area contributed by atoms with Crippen molar-refractivity contribution in [3.8, 4) is 0 Å². The van der Waals surface area contributed by atoms with E-state index in [1.807, 2.05) is 0 Å². The third-order valence-corrected chi connectivity index (χ3v) is 10.7. The molecule has 0 aromatic carbocycles. The van der Waals surface area contributed by atoms with Gasteiger partial charge in [-0.2, -0.15) is 57.2 Å². The van der Waals surface area contributed by atoms with Gasteiger partial charge in [0.2, 0.25) is 0 Å². The predicted molar refractivity (Wildman–Crippen MR) is 172 cm³/mol. The second-order valence-electron chi connectivity index (χ2n) is 10.4. The first-order chi connectivity index (χ1) is 20.8. The summed E-state index contributed by atoms with van der Waals surface area (Å²) < 4.78 is 140.